The van der Waals surface area contributed by atoms with Crippen molar-refractivity contribution in [3.63, 3.8) is 0 Å². The molecule has 7 nitrogen and oxygen atoms in total. The summed E-state index contributed by atoms with van der Waals surface area (Å²) in [6.45, 7) is -0.392. The van der Waals surface area contributed by atoms with Gasteiger partial charge in [0.2, 0.25) is 15.9 Å². The number of nitrogens with zero attached hydrogens (tertiary/aromatic N) is 2. The highest BCUT2D eigenvalue weighted by atomic mass is 35.5. The van der Waals surface area contributed by atoms with Crippen LogP contribution >= 0.6 is 11.6 Å². The highest BCUT2D eigenvalue weighted by Gasteiger charge is 2.31. The lowest BCUT2D eigenvalue weighted by molar-refractivity contribution is -0.118. The molecule has 0 aliphatic heterocycles. The Balaban J connectivity index is 1.97. The van der Waals surface area contributed by atoms with Crippen LogP contribution < -0.4 is 14.4 Å². The molecule has 0 fully saturated rings. The maximum absolute atomic E-state index is 13.7. The highest BCUT2D eigenvalue weighted by Crippen LogP contribution is 2.30. The topological polar surface area (TPSA) is 76.2 Å². The summed E-state index contributed by atoms with van der Waals surface area (Å²) >= 11 is 6.08. The van der Waals surface area contributed by atoms with Crippen molar-refractivity contribution in [3.8, 4) is 11.5 Å². The van der Waals surface area contributed by atoms with Gasteiger partial charge in [-0.05, 0) is 35.9 Å². The SMILES string of the molecule is COc1cccc(N(C)C(=O)CN(Cc2ccccc2)S(=O)(=O)c2cc(Cl)ccc2OC)c1. The molecule has 0 saturated carbocycles. The first-order valence-electron chi connectivity index (χ1n) is 10.0. The minimum absolute atomic E-state index is 0.00344. The Bertz CT molecular complexity index is 1220. The minimum atomic E-state index is -4.14. The summed E-state index contributed by atoms with van der Waals surface area (Å²) < 4.78 is 38.9. The van der Waals surface area contributed by atoms with Gasteiger partial charge >= 0.3 is 0 Å². The van der Waals surface area contributed by atoms with E-state index in [1.165, 1.54) is 31.3 Å². The van der Waals surface area contributed by atoms with Crippen LogP contribution in [-0.2, 0) is 21.4 Å². The molecule has 0 N–H and O–H groups in total. The van der Waals surface area contributed by atoms with Crippen LogP contribution in [0.3, 0.4) is 0 Å². The second-order valence-corrected chi connectivity index (χ2v) is 9.55. The molecule has 33 heavy (non-hydrogen) atoms. The Hall–Kier alpha value is -3.07. The van der Waals surface area contributed by atoms with E-state index in [9.17, 15) is 13.2 Å². The maximum Gasteiger partial charge on any atom is 0.247 e. The molecule has 0 spiro atoms. The predicted octanol–water partition coefficient (Wildman–Crippen LogP) is 4.21. The van der Waals surface area contributed by atoms with E-state index < -0.39 is 15.9 Å². The van der Waals surface area contributed by atoms with Crippen molar-refractivity contribution >= 4 is 33.2 Å². The quantitative estimate of drug-likeness (QED) is 0.451. The fourth-order valence-corrected chi connectivity index (χ4v) is 5.02. The molecule has 0 aliphatic carbocycles. The van der Waals surface area contributed by atoms with E-state index in [4.69, 9.17) is 21.1 Å². The summed E-state index contributed by atoms with van der Waals surface area (Å²) in [4.78, 5) is 14.5. The second-order valence-electron chi connectivity index (χ2n) is 7.21. The fraction of sp³-hybridized carbons (Fsp3) is 0.208. The normalized spacial score (nSPS) is 11.3. The third kappa shape index (κ3) is 5.84. The van der Waals surface area contributed by atoms with Crippen LogP contribution in [0.1, 0.15) is 5.56 Å². The summed E-state index contributed by atoms with van der Waals surface area (Å²) in [5, 5.41) is 0.244. The standard InChI is InChI=1S/C24H25ClN2O5S/c1-26(20-10-7-11-21(15-20)31-2)24(28)17-27(16-18-8-5-4-6-9-18)33(29,30)23-14-19(25)12-13-22(23)32-3/h4-15H,16-17H2,1-3H3. The summed E-state index contributed by atoms with van der Waals surface area (Å²) in [6, 6.07) is 20.4. The largest absolute Gasteiger partial charge is 0.497 e. The third-order valence-corrected chi connectivity index (χ3v) is 7.12. The number of amides is 1. The van der Waals surface area contributed by atoms with Crippen LogP contribution in [0.15, 0.2) is 77.7 Å². The van der Waals surface area contributed by atoms with Crippen molar-refractivity contribution in [3.05, 3.63) is 83.4 Å². The second kappa shape index (κ2) is 10.7. The molecule has 0 atom stereocenters. The number of methoxy groups -OCH3 is 2. The molecule has 0 radical (unpaired) electrons. The Morgan fingerprint density at radius 3 is 2.33 bits per heavy atom. The van der Waals surface area contributed by atoms with E-state index in [0.29, 0.717) is 11.4 Å². The van der Waals surface area contributed by atoms with Crippen molar-refractivity contribution in [1.82, 2.24) is 4.31 Å². The number of hydrogen-bond acceptors (Lipinski definition) is 5. The van der Waals surface area contributed by atoms with Crippen LogP contribution in [0.2, 0.25) is 5.02 Å². The van der Waals surface area contributed by atoms with E-state index in [1.54, 1.807) is 49.5 Å². The number of benzene rings is 3. The number of anilines is 1. The molecule has 0 bridgehead atoms. The number of halogens is 1. The van der Waals surface area contributed by atoms with Gasteiger partial charge in [-0.25, -0.2) is 8.42 Å². The molecule has 3 aromatic rings. The van der Waals surface area contributed by atoms with Crippen molar-refractivity contribution in [1.29, 1.82) is 0 Å². The summed E-state index contributed by atoms with van der Waals surface area (Å²) in [5.74, 6) is 0.319. The van der Waals surface area contributed by atoms with Gasteiger partial charge in [0.1, 0.15) is 16.4 Å². The molecule has 3 rings (SSSR count). The molecule has 3 aromatic carbocycles. The van der Waals surface area contributed by atoms with E-state index >= 15 is 0 Å². The van der Waals surface area contributed by atoms with Gasteiger partial charge in [0.05, 0.1) is 20.8 Å². The Kier molecular flexibility index (Phi) is 7.97. The van der Waals surface area contributed by atoms with Gasteiger partial charge < -0.3 is 14.4 Å². The van der Waals surface area contributed by atoms with Gasteiger partial charge in [-0.3, -0.25) is 4.79 Å². The smallest absolute Gasteiger partial charge is 0.247 e. The lowest BCUT2D eigenvalue weighted by Crippen LogP contribution is -2.41. The van der Waals surface area contributed by atoms with Gasteiger partial charge in [0, 0.05) is 30.4 Å². The molecular weight excluding hydrogens is 464 g/mol. The highest BCUT2D eigenvalue weighted by molar-refractivity contribution is 7.89. The average molecular weight is 489 g/mol. The van der Waals surface area contributed by atoms with Crippen LogP contribution in [0.4, 0.5) is 5.69 Å². The van der Waals surface area contributed by atoms with Crippen LogP contribution in [0.25, 0.3) is 0 Å². The molecule has 1 amide bonds. The van der Waals surface area contributed by atoms with Crippen LogP contribution in [-0.4, -0.2) is 46.4 Å². The Morgan fingerprint density at radius 1 is 0.939 bits per heavy atom. The molecule has 0 saturated heterocycles. The first-order valence-corrected chi connectivity index (χ1v) is 11.9. The third-order valence-electron chi connectivity index (χ3n) is 5.07. The number of likely N-dealkylation sites (N-methyl/N-ethyl adjacent to an activating group) is 1. The number of ether oxygens (including phenoxy) is 2. The number of sulfonamides is 1. The van der Waals surface area contributed by atoms with Gasteiger partial charge in [0.25, 0.3) is 0 Å². The maximum atomic E-state index is 13.7. The number of carbonyl (C=O) groups is 1. The zero-order chi connectivity index (χ0) is 24.0. The van der Waals surface area contributed by atoms with Gasteiger partial charge in [0.15, 0.2) is 0 Å². The molecular formula is C24H25ClN2O5S. The monoisotopic (exact) mass is 488 g/mol. The molecule has 9 heteroatoms. The fourth-order valence-electron chi connectivity index (χ4n) is 3.22. The lowest BCUT2D eigenvalue weighted by atomic mass is 10.2. The van der Waals surface area contributed by atoms with E-state index in [2.05, 4.69) is 0 Å². The number of hydrogen-bond donors (Lipinski definition) is 0. The van der Waals surface area contributed by atoms with Crippen LogP contribution in [0, 0.1) is 0 Å². The summed E-state index contributed by atoms with van der Waals surface area (Å²) in [6.07, 6.45) is 0. The van der Waals surface area contributed by atoms with E-state index in [-0.39, 0.29) is 28.8 Å². The minimum Gasteiger partial charge on any atom is -0.497 e. The molecule has 174 valence electrons. The van der Waals surface area contributed by atoms with E-state index in [0.717, 1.165) is 9.87 Å². The first-order chi connectivity index (χ1) is 15.8. The number of rotatable bonds is 9. The molecule has 0 heterocycles. The summed E-state index contributed by atoms with van der Waals surface area (Å²) in [5.41, 5.74) is 1.32. The van der Waals surface area contributed by atoms with Gasteiger partial charge in [-0.1, -0.05) is 48.0 Å². The van der Waals surface area contributed by atoms with Crippen LogP contribution in [0.5, 0.6) is 11.5 Å². The van der Waals surface area contributed by atoms with Gasteiger partial charge in [-0.2, -0.15) is 4.31 Å². The van der Waals surface area contributed by atoms with Gasteiger partial charge in [-0.15, -0.1) is 0 Å². The van der Waals surface area contributed by atoms with Crippen molar-refractivity contribution in [2.45, 2.75) is 11.4 Å². The Labute approximate surface area is 199 Å². The first kappa shape index (κ1) is 24.6. The average Bonchev–Trinajstić information content (AvgIpc) is 2.83. The number of carbonyl (C=O) groups excluding carboxylic acids is 1. The predicted molar refractivity (Wildman–Crippen MR) is 128 cm³/mol. The molecule has 0 aliphatic rings. The lowest BCUT2D eigenvalue weighted by Gasteiger charge is -2.26. The van der Waals surface area contributed by atoms with Crippen molar-refractivity contribution in [2.24, 2.45) is 0 Å². The Morgan fingerprint density at radius 2 is 1.67 bits per heavy atom. The zero-order valence-corrected chi connectivity index (χ0v) is 20.1. The van der Waals surface area contributed by atoms with Crippen molar-refractivity contribution < 1.29 is 22.7 Å². The molecule has 0 unspecified atom stereocenters. The molecule has 0 aromatic heterocycles. The van der Waals surface area contributed by atoms with Crippen molar-refractivity contribution in [2.75, 3.05) is 32.7 Å². The zero-order valence-electron chi connectivity index (χ0n) is 18.6. The summed E-state index contributed by atoms with van der Waals surface area (Å²) in [7, 11) is 0.367. The van der Waals surface area contributed by atoms with E-state index in [1.807, 2.05) is 18.2 Å².